The monoisotopic (exact) mass is 209 g/mol. The molecule has 0 aliphatic heterocycles. The van der Waals surface area contributed by atoms with Crippen LogP contribution in [-0.2, 0) is 4.79 Å². The molecule has 15 heavy (non-hydrogen) atoms. The number of unbranched alkanes of at least 4 members (excludes halogenated alkanes) is 3. The van der Waals surface area contributed by atoms with E-state index in [9.17, 15) is 4.79 Å². The van der Waals surface area contributed by atoms with Crippen LogP contribution in [0.1, 0.15) is 71.1 Å². The molecule has 0 aromatic heterocycles. The summed E-state index contributed by atoms with van der Waals surface area (Å²) in [5.41, 5.74) is 0. The number of rotatable bonds is 7. The van der Waals surface area contributed by atoms with Crippen molar-refractivity contribution in [2.45, 2.75) is 71.1 Å². The van der Waals surface area contributed by atoms with Crippen molar-refractivity contribution in [3.63, 3.8) is 0 Å². The second-order valence-electron chi connectivity index (χ2n) is 4.97. The fraction of sp³-hybridized carbons (Fsp3) is 0.929. The van der Waals surface area contributed by atoms with Crippen LogP contribution in [0.3, 0.4) is 0 Å². The summed E-state index contributed by atoms with van der Waals surface area (Å²) in [6.07, 6.45) is 15.1. The Labute approximate surface area is 94.6 Å². The van der Waals surface area contributed by atoms with Gasteiger partial charge in [0.2, 0.25) is 6.29 Å². The molecule has 0 saturated heterocycles. The molecule has 0 N–H and O–H groups in total. The third-order valence-electron chi connectivity index (χ3n) is 3.74. The lowest BCUT2D eigenvalue weighted by atomic mass is 9.78. The zero-order valence-corrected chi connectivity index (χ0v) is 10.1. The first kappa shape index (κ1) is 12.7. The summed E-state index contributed by atoms with van der Waals surface area (Å²) >= 11 is 0. The molecule has 0 aromatic carbocycles. The molecule has 1 heteroatoms. The molecule has 87 valence electrons. The summed E-state index contributed by atoms with van der Waals surface area (Å²) in [6.45, 7) is 2.23. The highest BCUT2D eigenvalue weighted by Gasteiger charge is 2.23. The van der Waals surface area contributed by atoms with Gasteiger partial charge in [-0.05, 0) is 25.2 Å². The zero-order valence-electron chi connectivity index (χ0n) is 10.1. The summed E-state index contributed by atoms with van der Waals surface area (Å²) in [7, 11) is 0. The minimum atomic E-state index is 0.252. The van der Waals surface area contributed by atoms with Gasteiger partial charge >= 0.3 is 0 Å². The van der Waals surface area contributed by atoms with Gasteiger partial charge in [-0.3, -0.25) is 4.79 Å². The molecule has 0 bridgehead atoms. The highest BCUT2D eigenvalue weighted by atomic mass is 16.1. The maximum absolute atomic E-state index is 10.9. The molecule has 1 aliphatic carbocycles. The molecule has 0 amide bonds. The second kappa shape index (κ2) is 7.90. The molecule has 0 aromatic rings. The van der Waals surface area contributed by atoms with Gasteiger partial charge in [0.05, 0.1) is 0 Å². The van der Waals surface area contributed by atoms with Gasteiger partial charge in [-0.2, -0.15) is 0 Å². The standard InChI is InChI=1S/C14H25O/c1-2-3-4-6-11-14(12-15)13-9-7-5-8-10-13/h13-14H,2-11H2,1H3. The largest absolute Gasteiger partial charge is 0.291 e. The van der Waals surface area contributed by atoms with Crippen LogP contribution in [0.25, 0.3) is 0 Å². The van der Waals surface area contributed by atoms with Crippen molar-refractivity contribution in [1.29, 1.82) is 0 Å². The molecule has 0 spiro atoms. The van der Waals surface area contributed by atoms with E-state index >= 15 is 0 Å². The Balaban J connectivity index is 2.18. The lowest BCUT2D eigenvalue weighted by Gasteiger charge is -2.26. The van der Waals surface area contributed by atoms with Crippen LogP contribution in [0.5, 0.6) is 0 Å². The smallest absolute Gasteiger partial charge is 0.202 e. The van der Waals surface area contributed by atoms with E-state index in [0.717, 1.165) is 6.42 Å². The first-order valence-electron chi connectivity index (χ1n) is 6.76. The van der Waals surface area contributed by atoms with Crippen molar-refractivity contribution in [3.8, 4) is 0 Å². The minimum Gasteiger partial charge on any atom is -0.291 e. The average molecular weight is 209 g/mol. The molecular weight excluding hydrogens is 184 g/mol. The number of hydrogen-bond donors (Lipinski definition) is 0. The maximum atomic E-state index is 10.9. The van der Waals surface area contributed by atoms with Gasteiger partial charge in [0.15, 0.2) is 0 Å². The Morgan fingerprint density at radius 3 is 2.47 bits per heavy atom. The third-order valence-corrected chi connectivity index (χ3v) is 3.74. The predicted molar refractivity (Wildman–Crippen MR) is 64.5 cm³/mol. The molecule has 0 heterocycles. The maximum Gasteiger partial charge on any atom is 0.202 e. The first-order chi connectivity index (χ1) is 7.38. The normalized spacial score (nSPS) is 20.1. The summed E-state index contributed by atoms with van der Waals surface area (Å²) in [6, 6.07) is 0. The Kier molecular flexibility index (Phi) is 6.71. The van der Waals surface area contributed by atoms with E-state index in [1.165, 1.54) is 57.8 Å². The fourth-order valence-electron chi connectivity index (χ4n) is 2.72. The van der Waals surface area contributed by atoms with Crippen LogP contribution in [0.2, 0.25) is 0 Å². The van der Waals surface area contributed by atoms with Gasteiger partial charge in [-0.1, -0.05) is 51.9 Å². The highest BCUT2D eigenvalue weighted by molar-refractivity contribution is 5.54. The molecule has 1 unspecified atom stereocenters. The predicted octanol–water partition coefficient (Wildman–Crippen LogP) is 4.26. The quantitative estimate of drug-likeness (QED) is 0.572. The van der Waals surface area contributed by atoms with Crippen LogP contribution >= 0.6 is 0 Å². The average Bonchev–Trinajstić information content (AvgIpc) is 2.30. The van der Waals surface area contributed by atoms with Crippen molar-refractivity contribution in [2.24, 2.45) is 11.8 Å². The summed E-state index contributed by atoms with van der Waals surface area (Å²) in [4.78, 5) is 10.9. The molecule has 1 rings (SSSR count). The van der Waals surface area contributed by atoms with E-state index in [4.69, 9.17) is 0 Å². The van der Waals surface area contributed by atoms with Crippen molar-refractivity contribution in [3.05, 3.63) is 0 Å². The zero-order chi connectivity index (χ0) is 10.9. The van der Waals surface area contributed by atoms with Gasteiger partial charge in [-0.15, -0.1) is 0 Å². The molecule has 1 fully saturated rings. The Morgan fingerprint density at radius 2 is 1.87 bits per heavy atom. The summed E-state index contributed by atoms with van der Waals surface area (Å²) < 4.78 is 0. The van der Waals surface area contributed by atoms with E-state index in [1.807, 2.05) is 0 Å². The van der Waals surface area contributed by atoms with Crippen LogP contribution in [0, 0.1) is 11.8 Å². The van der Waals surface area contributed by atoms with Gasteiger partial charge < -0.3 is 0 Å². The lowest BCUT2D eigenvalue weighted by Crippen LogP contribution is -2.19. The Bertz CT molecular complexity index is 159. The van der Waals surface area contributed by atoms with Crippen molar-refractivity contribution < 1.29 is 4.79 Å². The fourth-order valence-corrected chi connectivity index (χ4v) is 2.72. The van der Waals surface area contributed by atoms with Crippen LogP contribution < -0.4 is 0 Å². The van der Waals surface area contributed by atoms with Crippen molar-refractivity contribution >= 4 is 6.29 Å². The van der Waals surface area contributed by atoms with Crippen molar-refractivity contribution in [2.75, 3.05) is 0 Å². The molecule has 1 radical (unpaired) electrons. The van der Waals surface area contributed by atoms with E-state index in [2.05, 4.69) is 13.2 Å². The van der Waals surface area contributed by atoms with E-state index in [1.54, 1.807) is 0 Å². The number of hydrogen-bond acceptors (Lipinski definition) is 1. The Morgan fingerprint density at radius 1 is 1.13 bits per heavy atom. The molecule has 1 nitrogen and oxygen atoms in total. The minimum absolute atomic E-state index is 0.252. The van der Waals surface area contributed by atoms with Crippen LogP contribution in [0.4, 0.5) is 0 Å². The SMILES string of the molecule is CCCCCCC([C]=O)C1CCCCC1. The summed E-state index contributed by atoms with van der Waals surface area (Å²) in [5, 5.41) is 0. The van der Waals surface area contributed by atoms with Gasteiger partial charge in [-0.25, -0.2) is 0 Å². The Hall–Kier alpha value is -0.330. The molecule has 1 saturated carbocycles. The second-order valence-corrected chi connectivity index (χ2v) is 4.97. The molecular formula is C14H25O. The molecule has 1 aliphatic rings. The lowest BCUT2D eigenvalue weighted by molar-refractivity contribution is 0.277. The van der Waals surface area contributed by atoms with E-state index in [0.29, 0.717) is 5.92 Å². The van der Waals surface area contributed by atoms with Crippen LogP contribution in [-0.4, -0.2) is 6.29 Å². The van der Waals surface area contributed by atoms with Gasteiger partial charge in [0.25, 0.3) is 0 Å². The van der Waals surface area contributed by atoms with Crippen LogP contribution in [0.15, 0.2) is 0 Å². The topological polar surface area (TPSA) is 17.1 Å². The first-order valence-corrected chi connectivity index (χ1v) is 6.76. The van der Waals surface area contributed by atoms with Crippen molar-refractivity contribution in [1.82, 2.24) is 0 Å². The molecule has 1 atom stereocenters. The van der Waals surface area contributed by atoms with E-state index in [-0.39, 0.29) is 5.92 Å². The summed E-state index contributed by atoms with van der Waals surface area (Å²) in [5.74, 6) is 0.917. The third kappa shape index (κ3) is 4.81. The van der Waals surface area contributed by atoms with Gasteiger partial charge in [0.1, 0.15) is 0 Å². The highest BCUT2D eigenvalue weighted by Crippen LogP contribution is 2.31. The van der Waals surface area contributed by atoms with E-state index < -0.39 is 0 Å². The van der Waals surface area contributed by atoms with Gasteiger partial charge in [0, 0.05) is 5.92 Å². The number of carbonyl (C=O) groups excluding carboxylic acids is 1.